The van der Waals surface area contributed by atoms with Crippen LogP contribution in [0.2, 0.25) is 0 Å². The molecule has 18 heavy (non-hydrogen) atoms. The molecule has 1 aromatic heterocycles. The lowest BCUT2D eigenvalue weighted by atomic mass is 10.3. The summed E-state index contributed by atoms with van der Waals surface area (Å²) in [5.41, 5.74) is 0.896. The highest BCUT2D eigenvalue weighted by Gasteiger charge is 2.14. The molecule has 1 N–H and O–H groups in total. The monoisotopic (exact) mass is 267 g/mol. The number of nitrogens with zero attached hydrogens (tertiary/aromatic N) is 2. The Hall–Kier alpha value is -0.940. The first-order valence-corrected chi connectivity index (χ1v) is 7.46. The normalized spacial score (nSPS) is 16.4. The van der Waals surface area contributed by atoms with Crippen molar-refractivity contribution in [3.8, 4) is 0 Å². The molecule has 100 valence electrons. The lowest BCUT2D eigenvalue weighted by Crippen LogP contribution is -2.31. The van der Waals surface area contributed by atoms with E-state index in [1.807, 2.05) is 19.2 Å². The molecule has 1 amide bonds. The molecule has 2 rings (SSSR count). The number of carbonyl (C=O) groups excluding carboxylic acids is 1. The van der Waals surface area contributed by atoms with E-state index in [1.165, 1.54) is 25.9 Å². The molecule has 2 heterocycles. The summed E-state index contributed by atoms with van der Waals surface area (Å²) in [6.07, 6.45) is 3.00. The fourth-order valence-corrected chi connectivity index (χ4v) is 3.01. The van der Waals surface area contributed by atoms with Gasteiger partial charge in [0.25, 0.3) is 0 Å². The van der Waals surface area contributed by atoms with Gasteiger partial charge in [0.05, 0.1) is 18.7 Å². The predicted molar refractivity (Wildman–Crippen MR) is 73.6 cm³/mol. The molecule has 0 radical (unpaired) electrons. The van der Waals surface area contributed by atoms with E-state index in [-0.39, 0.29) is 11.9 Å². The molecular formula is C13H21N3OS. The molecule has 0 bridgehead atoms. The zero-order valence-electron chi connectivity index (χ0n) is 11.1. The van der Waals surface area contributed by atoms with Crippen molar-refractivity contribution in [1.82, 2.24) is 15.2 Å². The van der Waals surface area contributed by atoms with Gasteiger partial charge in [-0.1, -0.05) is 0 Å². The van der Waals surface area contributed by atoms with E-state index in [4.69, 9.17) is 0 Å². The van der Waals surface area contributed by atoms with Crippen LogP contribution in [-0.4, -0.2) is 34.9 Å². The van der Waals surface area contributed by atoms with Crippen molar-refractivity contribution >= 4 is 17.2 Å². The standard InChI is InChI=1S/C13H21N3OS/c1-10(2)14-12(17)7-11-9-18-13(15-11)8-16-5-3-4-6-16/h9-10H,3-8H2,1-2H3,(H,14,17). The molecule has 1 aromatic rings. The van der Waals surface area contributed by atoms with Crippen molar-refractivity contribution in [2.24, 2.45) is 0 Å². The number of rotatable bonds is 5. The van der Waals surface area contributed by atoms with Crippen LogP contribution in [0, 0.1) is 0 Å². The number of nitrogens with one attached hydrogen (secondary N) is 1. The molecule has 1 fully saturated rings. The lowest BCUT2D eigenvalue weighted by molar-refractivity contribution is -0.120. The molecular weight excluding hydrogens is 246 g/mol. The molecule has 0 unspecified atom stereocenters. The zero-order valence-corrected chi connectivity index (χ0v) is 11.9. The largest absolute Gasteiger partial charge is 0.354 e. The molecule has 1 aliphatic heterocycles. The van der Waals surface area contributed by atoms with Crippen LogP contribution < -0.4 is 5.32 Å². The highest BCUT2D eigenvalue weighted by atomic mass is 32.1. The average Bonchev–Trinajstić information content (AvgIpc) is 2.89. The van der Waals surface area contributed by atoms with Crippen LogP contribution in [0.3, 0.4) is 0 Å². The Morgan fingerprint density at radius 2 is 2.22 bits per heavy atom. The zero-order chi connectivity index (χ0) is 13.0. The smallest absolute Gasteiger partial charge is 0.226 e. The second kappa shape index (κ2) is 6.29. The van der Waals surface area contributed by atoms with E-state index in [0.717, 1.165) is 17.2 Å². The second-order valence-electron chi connectivity index (χ2n) is 5.11. The molecule has 0 saturated carbocycles. The first kappa shape index (κ1) is 13.5. The summed E-state index contributed by atoms with van der Waals surface area (Å²) in [4.78, 5) is 18.6. The molecule has 0 atom stereocenters. The highest BCUT2D eigenvalue weighted by Crippen LogP contribution is 2.16. The van der Waals surface area contributed by atoms with Crippen LogP contribution >= 0.6 is 11.3 Å². The Kier molecular flexibility index (Phi) is 4.72. The second-order valence-corrected chi connectivity index (χ2v) is 6.06. The fraction of sp³-hybridized carbons (Fsp3) is 0.692. The van der Waals surface area contributed by atoms with E-state index in [1.54, 1.807) is 11.3 Å². The van der Waals surface area contributed by atoms with Gasteiger partial charge in [-0.2, -0.15) is 0 Å². The van der Waals surface area contributed by atoms with Gasteiger partial charge in [-0.25, -0.2) is 4.98 Å². The van der Waals surface area contributed by atoms with E-state index < -0.39 is 0 Å². The predicted octanol–water partition coefficient (Wildman–Crippen LogP) is 1.81. The van der Waals surface area contributed by atoms with E-state index in [9.17, 15) is 4.79 Å². The third-order valence-corrected chi connectivity index (χ3v) is 3.83. The van der Waals surface area contributed by atoms with Crippen LogP contribution in [0.4, 0.5) is 0 Å². The summed E-state index contributed by atoms with van der Waals surface area (Å²) in [6.45, 7) is 7.25. The first-order valence-electron chi connectivity index (χ1n) is 6.58. The van der Waals surface area contributed by atoms with Gasteiger partial charge in [0.15, 0.2) is 0 Å². The SMILES string of the molecule is CC(C)NC(=O)Cc1csc(CN2CCCC2)n1. The summed E-state index contributed by atoms with van der Waals surface area (Å²) < 4.78 is 0. The lowest BCUT2D eigenvalue weighted by Gasteiger charge is -2.11. The van der Waals surface area contributed by atoms with E-state index >= 15 is 0 Å². The Labute approximate surface area is 112 Å². The minimum atomic E-state index is 0.0584. The molecule has 0 spiro atoms. The third-order valence-electron chi connectivity index (χ3n) is 2.95. The third kappa shape index (κ3) is 4.07. The maximum atomic E-state index is 11.6. The van der Waals surface area contributed by atoms with Crippen molar-refractivity contribution in [2.75, 3.05) is 13.1 Å². The van der Waals surface area contributed by atoms with Crippen molar-refractivity contribution in [3.63, 3.8) is 0 Å². The van der Waals surface area contributed by atoms with Crippen LogP contribution in [0.25, 0.3) is 0 Å². The number of hydrogen-bond acceptors (Lipinski definition) is 4. The molecule has 0 aliphatic carbocycles. The molecule has 1 saturated heterocycles. The van der Waals surface area contributed by atoms with Gasteiger partial charge in [-0.05, 0) is 39.8 Å². The maximum absolute atomic E-state index is 11.6. The number of carbonyl (C=O) groups is 1. The Bertz CT molecular complexity index is 397. The Morgan fingerprint density at radius 1 is 1.50 bits per heavy atom. The Balaban J connectivity index is 1.83. The number of amides is 1. The first-order chi connectivity index (χ1) is 8.63. The highest BCUT2D eigenvalue weighted by molar-refractivity contribution is 7.09. The molecule has 5 heteroatoms. The van der Waals surface area contributed by atoms with Gasteiger partial charge in [-0.15, -0.1) is 11.3 Å². The fourth-order valence-electron chi connectivity index (χ4n) is 2.17. The van der Waals surface area contributed by atoms with Gasteiger partial charge in [0.1, 0.15) is 5.01 Å². The number of thiazole rings is 1. The summed E-state index contributed by atoms with van der Waals surface area (Å²) in [5, 5.41) is 6.02. The Morgan fingerprint density at radius 3 is 2.89 bits per heavy atom. The average molecular weight is 267 g/mol. The van der Waals surface area contributed by atoms with Crippen LogP contribution in [-0.2, 0) is 17.8 Å². The maximum Gasteiger partial charge on any atom is 0.226 e. The number of likely N-dealkylation sites (tertiary alicyclic amines) is 1. The number of hydrogen-bond donors (Lipinski definition) is 1. The van der Waals surface area contributed by atoms with Crippen LogP contribution in [0.1, 0.15) is 37.4 Å². The summed E-state index contributed by atoms with van der Waals surface area (Å²) in [7, 11) is 0. The van der Waals surface area contributed by atoms with Crippen molar-refractivity contribution < 1.29 is 4.79 Å². The van der Waals surface area contributed by atoms with Gasteiger partial charge in [-0.3, -0.25) is 9.69 Å². The van der Waals surface area contributed by atoms with Gasteiger partial charge in [0.2, 0.25) is 5.91 Å². The minimum absolute atomic E-state index is 0.0584. The van der Waals surface area contributed by atoms with Crippen molar-refractivity contribution in [2.45, 2.75) is 45.7 Å². The summed E-state index contributed by atoms with van der Waals surface area (Å²) in [6, 6.07) is 0.195. The van der Waals surface area contributed by atoms with Crippen LogP contribution in [0.15, 0.2) is 5.38 Å². The van der Waals surface area contributed by atoms with Gasteiger partial charge in [0, 0.05) is 11.4 Å². The molecule has 0 aromatic carbocycles. The molecule has 4 nitrogen and oxygen atoms in total. The van der Waals surface area contributed by atoms with E-state index in [0.29, 0.717) is 6.42 Å². The van der Waals surface area contributed by atoms with Crippen molar-refractivity contribution in [3.05, 3.63) is 16.1 Å². The van der Waals surface area contributed by atoms with Gasteiger partial charge < -0.3 is 5.32 Å². The quantitative estimate of drug-likeness (QED) is 0.885. The van der Waals surface area contributed by atoms with Gasteiger partial charge >= 0.3 is 0 Å². The minimum Gasteiger partial charge on any atom is -0.354 e. The topological polar surface area (TPSA) is 45.2 Å². The van der Waals surface area contributed by atoms with Crippen molar-refractivity contribution in [1.29, 1.82) is 0 Å². The van der Waals surface area contributed by atoms with Crippen LogP contribution in [0.5, 0.6) is 0 Å². The summed E-state index contributed by atoms with van der Waals surface area (Å²) in [5.74, 6) is 0.0584. The molecule has 1 aliphatic rings. The van der Waals surface area contributed by atoms with E-state index in [2.05, 4.69) is 15.2 Å². The summed E-state index contributed by atoms with van der Waals surface area (Å²) >= 11 is 1.66. The number of aromatic nitrogens is 1.